The predicted molar refractivity (Wildman–Crippen MR) is 71.5 cm³/mol. The normalized spacial score (nSPS) is 10.3. The average Bonchev–Trinajstić information content (AvgIpc) is 2.40. The number of hydrogen-bond donors (Lipinski definition) is 1. The Morgan fingerprint density at radius 2 is 1.79 bits per heavy atom. The fourth-order valence-electron chi connectivity index (χ4n) is 1.65. The molecule has 0 bridgehead atoms. The van der Waals surface area contributed by atoms with Crippen LogP contribution in [-0.4, -0.2) is 13.2 Å². The van der Waals surface area contributed by atoms with Gasteiger partial charge in [-0.25, -0.2) is 8.78 Å². The molecule has 2 rings (SSSR count). The van der Waals surface area contributed by atoms with Gasteiger partial charge in [0.2, 0.25) is 0 Å². The topological polar surface area (TPSA) is 21.3 Å². The zero-order valence-corrected chi connectivity index (χ0v) is 10.6. The Balaban J connectivity index is 1.80. The molecule has 0 saturated carbocycles. The van der Waals surface area contributed by atoms with Gasteiger partial charge >= 0.3 is 0 Å². The number of hydrogen-bond acceptors (Lipinski definition) is 2. The molecule has 4 heteroatoms. The van der Waals surface area contributed by atoms with E-state index in [1.54, 1.807) is 24.3 Å². The first-order chi connectivity index (χ1) is 9.15. The molecule has 0 fully saturated rings. The summed E-state index contributed by atoms with van der Waals surface area (Å²) in [4.78, 5) is 0. The quantitative estimate of drug-likeness (QED) is 0.829. The summed E-state index contributed by atoms with van der Waals surface area (Å²) in [5.41, 5.74) is 1.75. The Kier molecular flexibility index (Phi) is 4.34. The van der Waals surface area contributed by atoms with Gasteiger partial charge in [-0.1, -0.05) is 6.07 Å². The molecule has 0 aliphatic carbocycles. The first kappa shape index (κ1) is 13.3. The average molecular weight is 263 g/mol. The van der Waals surface area contributed by atoms with Gasteiger partial charge in [-0.3, -0.25) is 0 Å². The summed E-state index contributed by atoms with van der Waals surface area (Å²) in [6.07, 6.45) is 0. The lowest BCUT2D eigenvalue weighted by Gasteiger charge is -2.09. The minimum Gasteiger partial charge on any atom is -0.489 e. The second-order valence-corrected chi connectivity index (χ2v) is 4.22. The molecular weight excluding hydrogens is 248 g/mol. The van der Waals surface area contributed by atoms with Gasteiger partial charge in [0.25, 0.3) is 0 Å². The summed E-state index contributed by atoms with van der Waals surface area (Å²) in [5.74, 6) is -0.392. The van der Waals surface area contributed by atoms with E-state index in [4.69, 9.17) is 4.74 Å². The molecule has 0 aliphatic heterocycles. The van der Waals surface area contributed by atoms with E-state index in [1.165, 1.54) is 18.2 Å². The number of rotatable bonds is 5. The molecule has 0 atom stereocenters. The monoisotopic (exact) mass is 263 g/mol. The molecule has 19 heavy (non-hydrogen) atoms. The van der Waals surface area contributed by atoms with Gasteiger partial charge in [-0.2, -0.15) is 0 Å². The largest absolute Gasteiger partial charge is 0.489 e. The van der Waals surface area contributed by atoms with Crippen molar-refractivity contribution in [2.45, 2.75) is 6.92 Å². The van der Waals surface area contributed by atoms with Gasteiger partial charge in [-0.15, -0.1) is 0 Å². The molecule has 2 nitrogen and oxygen atoms in total. The SMILES string of the molecule is Cc1ccc(F)c(OCCNc2ccc(F)cc2)c1. The summed E-state index contributed by atoms with van der Waals surface area (Å²) in [5, 5.41) is 3.06. The van der Waals surface area contributed by atoms with Crippen molar-refractivity contribution in [3.63, 3.8) is 0 Å². The number of benzene rings is 2. The van der Waals surface area contributed by atoms with E-state index in [1.807, 2.05) is 6.92 Å². The van der Waals surface area contributed by atoms with Gasteiger partial charge in [0.15, 0.2) is 11.6 Å². The molecule has 0 saturated heterocycles. The van der Waals surface area contributed by atoms with Crippen molar-refractivity contribution in [2.75, 3.05) is 18.5 Å². The molecule has 100 valence electrons. The van der Waals surface area contributed by atoms with E-state index in [0.29, 0.717) is 13.2 Å². The van der Waals surface area contributed by atoms with E-state index < -0.39 is 0 Å². The molecule has 0 spiro atoms. The molecule has 1 N–H and O–H groups in total. The second kappa shape index (κ2) is 6.18. The van der Waals surface area contributed by atoms with Gasteiger partial charge in [0, 0.05) is 12.2 Å². The van der Waals surface area contributed by atoms with Gasteiger partial charge in [0.1, 0.15) is 12.4 Å². The summed E-state index contributed by atoms with van der Waals surface area (Å²) in [6.45, 7) is 2.72. The lowest BCUT2D eigenvalue weighted by Crippen LogP contribution is -2.12. The van der Waals surface area contributed by atoms with Crippen LogP contribution in [0.15, 0.2) is 42.5 Å². The van der Waals surface area contributed by atoms with Crippen LogP contribution in [0.3, 0.4) is 0 Å². The number of nitrogens with one attached hydrogen (secondary N) is 1. The molecule has 0 aliphatic rings. The highest BCUT2D eigenvalue weighted by Gasteiger charge is 2.02. The van der Waals surface area contributed by atoms with Crippen molar-refractivity contribution < 1.29 is 13.5 Å². The predicted octanol–water partition coefficient (Wildman–Crippen LogP) is 3.76. The fourth-order valence-corrected chi connectivity index (χ4v) is 1.65. The standard InChI is InChI=1S/C15H15F2NO/c1-11-2-7-14(17)15(10-11)19-9-8-18-13-5-3-12(16)4-6-13/h2-7,10,18H,8-9H2,1H3. The smallest absolute Gasteiger partial charge is 0.165 e. The summed E-state index contributed by atoms with van der Waals surface area (Å²) < 4.78 is 31.4. The second-order valence-electron chi connectivity index (χ2n) is 4.22. The highest BCUT2D eigenvalue weighted by molar-refractivity contribution is 5.42. The molecule has 0 aromatic heterocycles. The minimum absolute atomic E-state index is 0.251. The van der Waals surface area contributed by atoms with Crippen molar-refractivity contribution in [3.05, 3.63) is 59.7 Å². The minimum atomic E-state index is -0.368. The Morgan fingerprint density at radius 3 is 2.53 bits per heavy atom. The van der Waals surface area contributed by atoms with E-state index in [0.717, 1.165) is 11.3 Å². The molecular formula is C15H15F2NO. The van der Waals surface area contributed by atoms with Crippen molar-refractivity contribution >= 4 is 5.69 Å². The van der Waals surface area contributed by atoms with E-state index in [9.17, 15) is 8.78 Å². The third-order valence-electron chi connectivity index (χ3n) is 2.62. The molecule has 0 amide bonds. The maximum atomic E-state index is 13.4. The first-order valence-corrected chi connectivity index (χ1v) is 6.03. The van der Waals surface area contributed by atoms with Gasteiger partial charge in [-0.05, 0) is 48.9 Å². The van der Waals surface area contributed by atoms with Crippen LogP contribution in [0.2, 0.25) is 0 Å². The van der Waals surface area contributed by atoms with E-state index in [-0.39, 0.29) is 17.4 Å². The Hall–Kier alpha value is -2.10. The lowest BCUT2D eigenvalue weighted by atomic mass is 10.2. The van der Waals surface area contributed by atoms with Crippen molar-refractivity contribution in [1.82, 2.24) is 0 Å². The summed E-state index contributed by atoms with van der Waals surface area (Å²) >= 11 is 0. The molecule has 2 aromatic rings. The van der Waals surface area contributed by atoms with Crippen LogP contribution in [0.5, 0.6) is 5.75 Å². The van der Waals surface area contributed by atoms with Crippen molar-refractivity contribution in [3.8, 4) is 5.75 Å². The third kappa shape index (κ3) is 3.95. The van der Waals surface area contributed by atoms with E-state index in [2.05, 4.69) is 5.32 Å². The highest BCUT2D eigenvalue weighted by atomic mass is 19.1. The molecule has 2 aromatic carbocycles. The maximum absolute atomic E-state index is 13.4. The Bertz CT molecular complexity index is 540. The maximum Gasteiger partial charge on any atom is 0.165 e. The van der Waals surface area contributed by atoms with Crippen LogP contribution < -0.4 is 10.1 Å². The van der Waals surface area contributed by atoms with Crippen LogP contribution in [0.25, 0.3) is 0 Å². The van der Waals surface area contributed by atoms with Crippen molar-refractivity contribution in [2.24, 2.45) is 0 Å². The first-order valence-electron chi connectivity index (χ1n) is 6.03. The van der Waals surface area contributed by atoms with Gasteiger partial charge in [0.05, 0.1) is 0 Å². The zero-order chi connectivity index (χ0) is 13.7. The summed E-state index contributed by atoms with van der Waals surface area (Å²) in [7, 11) is 0. The Labute approximate surface area is 111 Å². The number of ether oxygens (including phenoxy) is 1. The number of aryl methyl sites for hydroxylation is 1. The molecule has 0 unspecified atom stereocenters. The highest BCUT2D eigenvalue weighted by Crippen LogP contribution is 2.18. The Morgan fingerprint density at radius 1 is 1.05 bits per heavy atom. The van der Waals surface area contributed by atoms with Crippen LogP contribution in [0.1, 0.15) is 5.56 Å². The zero-order valence-electron chi connectivity index (χ0n) is 10.6. The third-order valence-corrected chi connectivity index (χ3v) is 2.62. The summed E-state index contributed by atoms with van der Waals surface area (Å²) in [6, 6.07) is 10.8. The van der Waals surface area contributed by atoms with Crippen molar-refractivity contribution in [1.29, 1.82) is 0 Å². The molecule has 0 radical (unpaired) electrons. The van der Waals surface area contributed by atoms with Crippen LogP contribution >= 0.6 is 0 Å². The number of halogens is 2. The van der Waals surface area contributed by atoms with Gasteiger partial charge < -0.3 is 10.1 Å². The van der Waals surface area contributed by atoms with Crippen LogP contribution in [0.4, 0.5) is 14.5 Å². The van der Waals surface area contributed by atoms with E-state index >= 15 is 0 Å². The lowest BCUT2D eigenvalue weighted by molar-refractivity contribution is 0.315. The molecule has 0 heterocycles. The van der Waals surface area contributed by atoms with Crippen LogP contribution in [0, 0.1) is 18.6 Å². The van der Waals surface area contributed by atoms with Crippen LogP contribution in [-0.2, 0) is 0 Å². The fraction of sp³-hybridized carbons (Fsp3) is 0.200. The number of anilines is 1.